The second-order valence-electron chi connectivity index (χ2n) is 7.58. The van der Waals surface area contributed by atoms with E-state index in [-0.39, 0.29) is 24.8 Å². The molecule has 2 N–H and O–H groups in total. The summed E-state index contributed by atoms with van der Waals surface area (Å²) in [7, 11) is 0. The van der Waals surface area contributed by atoms with Crippen molar-refractivity contribution in [1.29, 1.82) is 0 Å². The lowest BCUT2D eigenvalue weighted by Gasteiger charge is -2.16. The van der Waals surface area contributed by atoms with Crippen molar-refractivity contribution >= 4 is 11.8 Å². The molecule has 2 aromatic heterocycles. The predicted molar refractivity (Wildman–Crippen MR) is 106 cm³/mol. The molecule has 0 bridgehead atoms. The van der Waals surface area contributed by atoms with Crippen molar-refractivity contribution in [2.45, 2.75) is 39.0 Å². The Hall–Kier alpha value is -2.74. The van der Waals surface area contributed by atoms with E-state index < -0.39 is 0 Å². The molecule has 0 aromatic carbocycles. The standard InChI is InChI=1S/C21H28N4O4/c1-15-8-19(29-24-15)11-20(27)25-6-4-16(14-25)9-17-10-18(13-22-12-17)21(28)23-5-2-3-7-26/h8,10,12-13,16,26H,2-7,9,11,14H2,1H3,(H,23,28). The highest BCUT2D eigenvalue weighted by Crippen LogP contribution is 2.22. The van der Waals surface area contributed by atoms with Crippen LogP contribution in [0.2, 0.25) is 0 Å². The zero-order valence-corrected chi connectivity index (χ0v) is 16.8. The summed E-state index contributed by atoms with van der Waals surface area (Å²) < 4.78 is 5.14. The molecule has 1 aliphatic rings. The topological polar surface area (TPSA) is 109 Å². The summed E-state index contributed by atoms with van der Waals surface area (Å²) in [5, 5.41) is 15.5. The summed E-state index contributed by atoms with van der Waals surface area (Å²) in [5.74, 6) is 0.846. The Morgan fingerprint density at radius 3 is 2.93 bits per heavy atom. The Morgan fingerprint density at radius 2 is 2.17 bits per heavy atom. The van der Waals surface area contributed by atoms with Crippen molar-refractivity contribution in [3.8, 4) is 0 Å². The van der Waals surface area contributed by atoms with Gasteiger partial charge < -0.3 is 19.8 Å². The van der Waals surface area contributed by atoms with Crippen LogP contribution in [-0.4, -0.2) is 58.2 Å². The molecule has 8 nitrogen and oxygen atoms in total. The van der Waals surface area contributed by atoms with Gasteiger partial charge in [0.25, 0.3) is 5.91 Å². The smallest absolute Gasteiger partial charge is 0.252 e. The van der Waals surface area contributed by atoms with Gasteiger partial charge in [0.2, 0.25) is 5.91 Å². The zero-order chi connectivity index (χ0) is 20.6. The van der Waals surface area contributed by atoms with Crippen LogP contribution in [0, 0.1) is 12.8 Å². The summed E-state index contributed by atoms with van der Waals surface area (Å²) in [5.41, 5.74) is 2.31. The molecule has 2 aromatic rings. The van der Waals surface area contributed by atoms with E-state index in [0.29, 0.717) is 36.8 Å². The van der Waals surface area contributed by atoms with E-state index in [1.807, 2.05) is 17.9 Å². The normalized spacial score (nSPS) is 16.2. The van der Waals surface area contributed by atoms with Gasteiger partial charge >= 0.3 is 0 Å². The van der Waals surface area contributed by atoms with E-state index in [1.165, 1.54) is 0 Å². The fourth-order valence-corrected chi connectivity index (χ4v) is 3.58. The van der Waals surface area contributed by atoms with Crippen LogP contribution in [-0.2, 0) is 17.6 Å². The number of likely N-dealkylation sites (tertiary alicyclic amines) is 1. The summed E-state index contributed by atoms with van der Waals surface area (Å²) in [6.45, 7) is 3.93. The molecule has 0 aliphatic carbocycles. The molecular weight excluding hydrogens is 372 g/mol. The third kappa shape index (κ3) is 6.12. The molecule has 1 atom stereocenters. The SMILES string of the molecule is Cc1cc(CC(=O)N2CCC(Cc3cncc(C(=O)NCCCCO)c3)C2)on1. The van der Waals surface area contributed by atoms with Crippen molar-refractivity contribution in [1.82, 2.24) is 20.4 Å². The second-order valence-corrected chi connectivity index (χ2v) is 7.58. The first-order chi connectivity index (χ1) is 14.0. The van der Waals surface area contributed by atoms with Crippen LogP contribution in [0.15, 0.2) is 29.0 Å². The average molecular weight is 400 g/mol. The predicted octanol–water partition coefficient (Wildman–Crippen LogP) is 1.51. The van der Waals surface area contributed by atoms with Gasteiger partial charge in [0, 0.05) is 44.7 Å². The molecule has 8 heteroatoms. The number of carbonyl (C=O) groups is 2. The molecule has 0 spiro atoms. The van der Waals surface area contributed by atoms with Gasteiger partial charge in [-0.05, 0) is 50.2 Å². The maximum atomic E-state index is 12.5. The maximum absolute atomic E-state index is 12.5. The summed E-state index contributed by atoms with van der Waals surface area (Å²) >= 11 is 0. The number of aromatic nitrogens is 2. The number of nitrogens with one attached hydrogen (secondary N) is 1. The largest absolute Gasteiger partial charge is 0.396 e. The monoisotopic (exact) mass is 400 g/mol. The van der Waals surface area contributed by atoms with E-state index in [2.05, 4.69) is 15.5 Å². The van der Waals surface area contributed by atoms with Gasteiger partial charge in [0.15, 0.2) is 0 Å². The maximum Gasteiger partial charge on any atom is 0.252 e. The number of unbranched alkanes of at least 4 members (excludes halogenated alkanes) is 1. The van der Waals surface area contributed by atoms with Crippen LogP contribution in [0.1, 0.15) is 46.6 Å². The van der Waals surface area contributed by atoms with Gasteiger partial charge in [-0.3, -0.25) is 14.6 Å². The number of aryl methyl sites for hydroxylation is 1. The number of hydrogen-bond donors (Lipinski definition) is 2. The Balaban J connectivity index is 1.49. The Labute approximate surface area is 170 Å². The summed E-state index contributed by atoms with van der Waals surface area (Å²) in [4.78, 5) is 30.8. The molecule has 1 unspecified atom stereocenters. The Kier molecular flexibility index (Phi) is 7.35. The van der Waals surface area contributed by atoms with E-state index in [4.69, 9.17) is 9.63 Å². The minimum atomic E-state index is -0.150. The molecule has 1 fully saturated rings. The number of carbonyl (C=O) groups excluding carboxylic acids is 2. The van der Waals surface area contributed by atoms with E-state index in [0.717, 1.165) is 37.1 Å². The first-order valence-corrected chi connectivity index (χ1v) is 10.1. The molecule has 0 radical (unpaired) electrons. The van der Waals surface area contributed by atoms with Gasteiger partial charge in [0.05, 0.1) is 17.7 Å². The third-order valence-electron chi connectivity index (χ3n) is 5.09. The highest BCUT2D eigenvalue weighted by Gasteiger charge is 2.27. The molecule has 1 saturated heterocycles. The molecule has 3 heterocycles. The van der Waals surface area contributed by atoms with E-state index >= 15 is 0 Å². The van der Waals surface area contributed by atoms with Gasteiger partial charge in [-0.2, -0.15) is 0 Å². The molecule has 1 aliphatic heterocycles. The third-order valence-corrected chi connectivity index (χ3v) is 5.09. The van der Waals surface area contributed by atoms with E-state index in [9.17, 15) is 9.59 Å². The fraction of sp³-hybridized carbons (Fsp3) is 0.524. The fourth-order valence-electron chi connectivity index (χ4n) is 3.58. The van der Waals surface area contributed by atoms with Crippen molar-refractivity contribution in [2.24, 2.45) is 5.92 Å². The number of pyridine rings is 1. The minimum absolute atomic E-state index is 0.0535. The van der Waals surface area contributed by atoms with Gasteiger partial charge in [-0.25, -0.2) is 0 Å². The first kappa shape index (κ1) is 21.0. The van der Waals surface area contributed by atoms with Gasteiger partial charge in [-0.1, -0.05) is 5.16 Å². The second kappa shape index (κ2) is 10.2. The number of hydrogen-bond acceptors (Lipinski definition) is 6. The summed E-state index contributed by atoms with van der Waals surface area (Å²) in [6.07, 6.45) is 6.71. The zero-order valence-electron chi connectivity index (χ0n) is 16.8. The molecule has 29 heavy (non-hydrogen) atoms. The van der Waals surface area contributed by atoms with Crippen LogP contribution in [0.5, 0.6) is 0 Å². The lowest BCUT2D eigenvalue weighted by atomic mass is 9.99. The van der Waals surface area contributed by atoms with Gasteiger partial charge in [0.1, 0.15) is 5.76 Å². The van der Waals surface area contributed by atoms with Crippen LogP contribution >= 0.6 is 0 Å². The Bertz CT molecular complexity index is 836. The van der Waals surface area contributed by atoms with Crippen molar-refractivity contribution < 1.29 is 19.2 Å². The molecule has 0 saturated carbocycles. The van der Waals surface area contributed by atoms with Crippen LogP contribution in [0.3, 0.4) is 0 Å². The highest BCUT2D eigenvalue weighted by molar-refractivity contribution is 5.94. The number of aliphatic hydroxyl groups is 1. The van der Waals surface area contributed by atoms with Crippen molar-refractivity contribution in [3.05, 3.63) is 47.1 Å². The summed E-state index contributed by atoms with van der Waals surface area (Å²) in [6, 6.07) is 3.66. The van der Waals surface area contributed by atoms with Crippen molar-refractivity contribution in [2.75, 3.05) is 26.2 Å². The average Bonchev–Trinajstić information content (AvgIpc) is 3.34. The molecule has 3 rings (SSSR count). The molecule has 156 valence electrons. The quantitative estimate of drug-likeness (QED) is 0.618. The Morgan fingerprint density at radius 1 is 1.31 bits per heavy atom. The number of amides is 2. The van der Waals surface area contributed by atoms with Crippen LogP contribution in [0.4, 0.5) is 0 Å². The molecule has 2 amide bonds. The van der Waals surface area contributed by atoms with E-state index in [1.54, 1.807) is 18.5 Å². The highest BCUT2D eigenvalue weighted by atomic mass is 16.5. The number of aliphatic hydroxyl groups excluding tert-OH is 1. The van der Waals surface area contributed by atoms with Crippen LogP contribution < -0.4 is 5.32 Å². The number of nitrogens with zero attached hydrogens (tertiary/aromatic N) is 3. The van der Waals surface area contributed by atoms with Crippen molar-refractivity contribution in [3.63, 3.8) is 0 Å². The first-order valence-electron chi connectivity index (χ1n) is 10.1. The molecular formula is C21H28N4O4. The lowest BCUT2D eigenvalue weighted by Crippen LogP contribution is -2.30. The number of rotatable bonds is 9. The minimum Gasteiger partial charge on any atom is -0.396 e. The lowest BCUT2D eigenvalue weighted by molar-refractivity contribution is -0.129. The van der Waals surface area contributed by atoms with Crippen LogP contribution in [0.25, 0.3) is 0 Å². The van der Waals surface area contributed by atoms with Gasteiger partial charge in [-0.15, -0.1) is 0 Å².